The number of aromatic nitrogens is 1. The summed E-state index contributed by atoms with van der Waals surface area (Å²) in [7, 11) is 0. The number of nitrogens with zero attached hydrogens (tertiary/aromatic N) is 3. The van der Waals surface area contributed by atoms with Crippen LogP contribution in [0.1, 0.15) is 102 Å². The van der Waals surface area contributed by atoms with Crippen molar-refractivity contribution in [3.05, 3.63) is 16.6 Å². The number of nitrogens with two attached hydrogens (primary N) is 1. The molecule has 3 aliphatic carbocycles. The predicted molar refractivity (Wildman–Crippen MR) is 176 cm³/mol. The summed E-state index contributed by atoms with van der Waals surface area (Å²) in [5, 5.41) is 8.62. The quantitative estimate of drug-likeness (QED) is 0.252. The van der Waals surface area contributed by atoms with E-state index in [1.807, 2.05) is 4.90 Å². The zero-order chi connectivity index (χ0) is 35.3. The molecule has 5 fully saturated rings. The molecule has 3 N–H and O–H groups in total. The number of carbonyl (C=O) groups excluding carboxylic acids is 3. The average Bonchev–Trinajstić information content (AvgIpc) is 3.39. The molecule has 1 aromatic rings. The Bertz CT molecular complexity index is 1230. The number of halogens is 4. The van der Waals surface area contributed by atoms with E-state index in [9.17, 15) is 31.9 Å². The van der Waals surface area contributed by atoms with Gasteiger partial charge in [0.15, 0.2) is 0 Å². The van der Waals surface area contributed by atoms with Gasteiger partial charge in [0.2, 0.25) is 23.7 Å². The third-order valence-corrected chi connectivity index (χ3v) is 11.4. The number of hydrogen-bond acceptors (Lipinski definition) is 7. The minimum atomic E-state index is -2.45. The number of alkyl halides is 4. The van der Waals surface area contributed by atoms with Crippen LogP contribution in [0.15, 0.2) is 11.7 Å². The number of ether oxygens (including phenoxy) is 1. The standard InChI is InChI=1S/C17H22N4O3S.C10H18F2O.C7H12F2O.H2/c1-16(2)3-10(16)14(23)21-7-17(8-21)6-20(5-11(17)13(18)22)15(24)12-4-19-9-25-12;1-2-3-8-13-9-4-6-10(11,12)7-5-9;8-7(9)3-1-6(5-10)2-4-7;/h4,9-11H,3,5-8H2,1-2H3,(H2,18,22);9H,2-8H2,1H3;6,10H,1-5H2;1H/t10-,11+;;;/m1.../s1. The second-order valence-electron chi connectivity index (χ2n) is 15.1. The van der Waals surface area contributed by atoms with Crippen LogP contribution in [0.3, 0.4) is 0 Å². The van der Waals surface area contributed by atoms with Crippen LogP contribution >= 0.6 is 11.3 Å². The zero-order valence-corrected chi connectivity index (χ0v) is 29.2. The van der Waals surface area contributed by atoms with Crippen molar-refractivity contribution < 1.29 is 43.2 Å². The molecule has 3 saturated carbocycles. The number of carbonyl (C=O) groups is 3. The lowest BCUT2D eigenvalue weighted by atomic mass is 9.71. The van der Waals surface area contributed by atoms with E-state index >= 15 is 0 Å². The van der Waals surface area contributed by atoms with Crippen molar-refractivity contribution in [1.29, 1.82) is 0 Å². The summed E-state index contributed by atoms with van der Waals surface area (Å²) in [5.74, 6) is -5.40. The highest BCUT2D eigenvalue weighted by molar-refractivity contribution is 7.11. The van der Waals surface area contributed by atoms with E-state index in [4.69, 9.17) is 15.6 Å². The molecule has 1 spiro atoms. The second kappa shape index (κ2) is 15.7. The molecule has 0 unspecified atom stereocenters. The van der Waals surface area contributed by atoms with Gasteiger partial charge in [-0.1, -0.05) is 27.2 Å². The molecule has 2 saturated heterocycles. The lowest BCUT2D eigenvalue weighted by Crippen LogP contribution is -2.64. The Morgan fingerprint density at radius 2 is 1.56 bits per heavy atom. The van der Waals surface area contributed by atoms with Crippen molar-refractivity contribution in [2.75, 3.05) is 39.4 Å². The minimum absolute atomic E-state index is 0. The van der Waals surface area contributed by atoms with Gasteiger partial charge in [0, 0.05) is 77.8 Å². The maximum Gasteiger partial charge on any atom is 0.265 e. The Balaban J connectivity index is 0.000000227. The van der Waals surface area contributed by atoms with Crippen molar-refractivity contribution in [2.24, 2.45) is 34.3 Å². The topological polar surface area (TPSA) is 126 Å². The number of thiazole rings is 1. The first-order valence-corrected chi connectivity index (χ1v) is 18.1. The Morgan fingerprint density at radius 1 is 1.00 bits per heavy atom. The maximum atomic E-state index is 12.7. The minimum Gasteiger partial charge on any atom is -0.396 e. The summed E-state index contributed by atoms with van der Waals surface area (Å²) < 4.78 is 55.8. The fourth-order valence-electron chi connectivity index (χ4n) is 7.15. The molecule has 0 aromatic carbocycles. The Morgan fingerprint density at radius 3 is 2.04 bits per heavy atom. The highest BCUT2D eigenvalue weighted by Gasteiger charge is 2.61. The van der Waals surface area contributed by atoms with Crippen molar-refractivity contribution in [1.82, 2.24) is 14.8 Å². The molecule has 14 heteroatoms. The SMILES string of the molecule is CC1(C)C[C@@H]1C(=O)N1CC2(CN(C(=O)c3cncs3)C[C@H]2C(N)=O)C1.CCCCOC1CCC(F)(F)CC1.OCC1CCC(F)(F)CC1.[HH]. The first-order valence-electron chi connectivity index (χ1n) is 17.3. The molecule has 3 heterocycles. The zero-order valence-electron chi connectivity index (χ0n) is 28.4. The van der Waals surface area contributed by atoms with Gasteiger partial charge in [-0.2, -0.15) is 0 Å². The fourth-order valence-corrected chi connectivity index (χ4v) is 7.74. The Labute approximate surface area is 286 Å². The first kappa shape index (κ1) is 38.5. The van der Waals surface area contributed by atoms with Gasteiger partial charge >= 0.3 is 0 Å². The Kier molecular flexibility index (Phi) is 12.6. The molecule has 0 bridgehead atoms. The predicted octanol–water partition coefficient (Wildman–Crippen LogP) is 6.01. The summed E-state index contributed by atoms with van der Waals surface area (Å²) in [6.07, 6.45) is 6.61. The van der Waals surface area contributed by atoms with Crippen molar-refractivity contribution in [2.45, 2.75) is 109 Å². The van der Waals surface area contributed by atoms with E-state index in [1.54, 1.807) is 16.6 Å². The summed E-state index contributed by atoms with van der Waals surface area (Å²) >= 11 is 1.29. The van der Waals surface area contributed by atoms with Crippen LogP contribution in [-0.2, 0) is 14.3 Å². The first-order chi connectivity index (χ1) is 22.5. The largest absolute Gasteiger partial charge is 0.396 e. The molecule has 3 amide bonds. The number of rotatable bonds is 8. The average molecular weight is 707 g/mol. The molecular weight excluding hydrogens is 652 g/mol. The number of hydrogen-bond donors (Lipinski definition) is 2. The van der Waals surface area contributed by atoms with Gasteiger partial charge in [0.25, 0.3) is 5.91 Å². The molecule has 2 atom stereocenters. The molecule has 6 rings (SSSR count). The number of aliphatic hydroxyl groups excluding tert-OH is 1. The van der Waals surface area contributed by atoms with E-state index in [1.165, 1.54) is 11.3 Å². The normalized spacial score (nSPS) is 26.8. The third kappa shape index (κ3) is 9.89. The van der Waals surface area contributed by atoms with E-state index < -0.39 is 23.7 Å². The van der Waals surface area contributed by atoms with E-state index in [0.29, 0.717) is 56.7 Å². The molecule has 48 heavy (non-hydrogen) atoms. The van der Waals surface area contributed by atoms with E-state index in [-0.39, 0.29) is 74.3 Å². The van der Waals surface area contributed by atoms with Crippen LogP contribution in [-0.4, -0.2) is 95.0 Å². The molecule has 274 valence electrons. The molecule has 9 nitrogen and oxygen atoms in total. The fraction of sp³-hybridized carbons (Fsp3) is 0.824. The van der Waals surface area contributed by atoms with Crippen LogP contribution in [0, 0.1) is 28.6 Å². The van der Waals surface area contributed by atoms with Crippen LogP contribution in [0.4, 0.5) is 17.6 Å². The van der Waals surface area contributed by atoms with Gasteiger partial charge in [0.05, 0.1) is 23.7 Å². The lowest BCUT2D eigenvalue weighted by molar-refractivity contribution is -0.150. The number of unbranched alkanes of at least 4 members (excludes halogenated alkanes) is 1. The van der Waals surface area contributed by atoms with Crippen molar-refractivity contribution in [3.63, 3.8) is 0 Å². The van der Waals surface area contributed by atoms with Gasteiger partial charge in [-0.15, -0.1) is 11.3 Å². The van der Waals surface area contributed by atoms with Crippen molar-refractivity contribution in [3.8, 4) is 0 Å². The monoisotopic (exact) mass is 706 g/mol. The van der Waals surface area contributed by atoms with Crippen LogP contribution in [0.25, 0.3) is 0 Å². The van der Waals surface area contributed by atoms with E-state index in [0.717, 1.165) is 25.9 Å². The van der Waals surface area contributed by atoms with Crippen molar-refractivity contribution >= 4 is 29.1 Å². The number of aliphatic hydroxyl groups is 1. The van der Waals surface area contributed by atoms with Gasteiger partial charge < -0.3 is 25.4 Å². The smallest absolute Gasteiger partial charge is 0.265 e. The number of amides is 3. The highest BCUT2D eigenvalue weighted by atomic mass is 32.1. The van der Waals surface area contributed by atoms with Crippen LogP contribution < -0.4 is 5.73 Å². The molecule has 5 aliphatic rings. The summed E-state index contributed by atoms with van der Waals surface area (Å²) in [5.41, 5.74) is 6.93. The van der Waals surface area contributed by atoms with Crippen LogP contribution in [0.5, 0.6) is 0 Å². The van der Waals surface area contributed by atoms with Crippen LogP contribution in [0.2, 0.25) is 0 Å². The van der Waals surface area contributed by atoms with E-state index in [2.05, 4.69) is 25.8 Å². The van der Waals surface area contributed by atoms with Gasteiger partial charge in [-0.3, -0.25) is 19.4 Å². The summed E-state index contributed by atoms with van der Waals surface area (Å²) in [4.78, 5) is 45.1. The van der Waals surface area contributed by atoms with Gasteiger partial charge in [0.1, 0.15) is 4.88 Å². The number of primary amides is 1. The second-order valence-corrected chi connectivity index (χ2v) is 16.0. The maximum absolute atomic E-state index is 12.7. The molecule has 2 aliphatic heterocycles. The summed E-state index contributed by atoms with van der Waals surface area (Å²) in [6, 6.07) is 0. The molecular formula is C34H54F4N4O5S. The molecule has 1 aromatic heterocycles. The van der Waals surface area contributed by atoms with Gasteiger partial charge in [-0.05, 0) is 49.9 Å². The van der Waals surface area contributed by atoms with Gasteiger partial charge in [-0.25, -0.2) is 17.6 Å². The third-order valence-electron chi connectivity index (χ3n) is 10.7. The Hall–Kier alpha value is -2.32. The molecule has 0 radical (unpaired) electrons. The summed E-state index contributed by atoms with van der Waals surface area (Å²) in [6.45, 7) is 8.90. The highest BCUT2D eigenvalue weighted by Crippen LogP contribution is 2.54. The lowest BCUT2D eigenvalue weighted by Gasteiger charge is -2.50. The number of likely N-dealkylation sites (tertiary alicyclic amines) is 2.